The van der Waals surface area contributed by atoms with Gasteiger partial charge >= 0.3 is 5.97 Å². The average Bonchev–Trinajstić information content (AvgIpc) is 2.76. The van der Waals surface area contributed by atoms with Crippen LogP contribution < -0.4 is 0 Å². The fourth-order valence-electron chi connectivity index (χ4n) is 3.54. The number of Topliss-reactive ketones (excluding diaryl/α,β-unsaturated/α-hetero) is 1. The van der Waals surface area contributed by atoms with Gasteiger partial charge in [0.2, 0.25) is 0 Å². The lowest BCUT2D eigenvalue weighted by Crippen LogP contribution is -2.14. The molecule has 1 aromatic rings. The van der Waals surface area contributed by atoms with Crippen molar-refractivity contribution in [3.05, 3.63) is 22.5 Å². The Morgan fingerprint density at radius 2 is 1.87 bits per heavy atom. The van der Waals surface area contributed by atoms with Crippen LogP contribution in [0.15, 0.2) is 0 Å². The van der Waals surface area contributed by atoms with E-state index in [2.05, 4.69) is 18.4 Å². The first-order valence-corrected chi connectivity index (χ1v) is 8.93. The largest absolute Gasteiger partial charge is 0.466 e. The van der Waals surface area contributed by atoms with E-state index >= 15 is 0 Å². The van der Waals surface area contributed by atoms with Crippen LogP contribution in [0.25, 0.3) is 0 Å². The van der Waals surface area contributed by atoms with Crippen molar-refractivity contribution in [1.82, 2.24) is 4.57 Å². The van der Waals surface area contributed by atoms with Crippen molar-refractivity contribution >= 4 is 11.8 Å². The number of hydrogen-bond donors (Lipinski definition) is 0. The fraction of sp³-hybridized carbons (Fsp3) is 0.684. The van der Waals surface area contributed by atoms with Gasteiger partial charge in [0.15, 0.2) is 5.78 Å². The van der Waals surface area contributed by atoms with E-state index in [0.29, 0.717) is 25.2 Å². The number of carbonyl (C=O) groups excluding carboxylic acids is 2. The number of carbonyl (C=O) groups is 2. The van der Waals surface area contributed by atoms with Gasteiger partial charge in [0.25, 0.3) is 0 Å². The summed E-state index contributed by atoms with van der Waals surface area (Å²) in [7, 11) is 0. The molecule has 0 radical (unpaired) electrons. The van der Waals surface area contributed by atoms with E-state index in [4.69, 9.17) is 4.74 Å². The lowest BCUT2D eigenvalue weighted by Gasteiger charge is -2.16. The summed E-state index contributed by atoms with van der Waals surface area (Å²) in [5, 5.41) is 0. The van der Waals surface area contributed by atoms with Gasteiger partial charge in [-0.2, -0.15) is 0 Å². The third-order valence-corrected chi connectivity index (χ3v) is 4.85. The van der Waals surface area contributed by atoms with Crippen LogP contribution in [-0.2, 0) is 22.5 Å². The molecule has 128 valence electrons. The fourth-order valence-corrected chi connectivity index (χ4v) is 3.54. The monoisotopic (exact) mass is 319 g/mol. The van der Waals surface area contributed by atoms with E-state index in [1.165, 1.54) is 17.0 Å². The van der Waals surface area contributed by atoms with E-state index in [1.54, 1.807) is 0 Å². The Kier molecular flexibility index (Phi) is 6.43. The van der Waals surface area contributed by atoms with Gasteiger partial charge in [-0.15, -0.1) is 0 Å². The first-order valence-electron chi connectivity index (χ1n) is 8.93. The highest BCUT2D eigenvalue weighted by atomic mass is 16.5. The number of unbranched alkanes of at least 4 members (excludes halogenated alkanes) is 3. The summed E-state index contributed by atoms with van der Waals surface area (Å²) in [6, 6.07) is 0. The average molecular weight is 319 g/mol. The molecule has 0 bridgehead atoms. The zero-order valence-electron chi connectivity index (χ0n) is 14.7. The van der Waals surface area contributed by atoms with E-state index in [-0.39, 0.29) is 5.97 Å². The molecule has 1 aliphatic carbocycles. The zero-order valence-corrected chi connectivity index (χ0v) is 14.7. The van der Waals surface area contributed by atoms with Crippen molar-refractivity contribution in [3.8, 4) is 0 Å². The van der Waals surface area contributed by atoms with Crippen LogP contribution in [0, 0.1) is 13.8 Å². The number of ether oxygens (including phenoxy) is 1. The highest BCUT2D eigenvalue weighted by Crippen LogP contribution is 2.29. The van der Waals surface area contributed by atoms with Gasteiger partial charge in [0.1, 0.15) is 0 Å². The molecule has 0 aliphatic heterocycles. The van der Waals surface area contributed by atoms with Gasteiger partial charge in [-0.3, -0.25) is 9.59 Å². The second kappa shape index (κ2) is 8.32. The smallest absolute Gasteiger partial charge is 0.305 e. The van der Waals surface area contributed by atoms with Gasteiger partial charge in [-0.1, -0.05) is 12.8 Å². The van der Waals surface area contributed by atoms with Gasteiger partial charge in [-0.25, -0.2) is 0 Å². The predicted octanol–water partition coefficient (Wildman–Crippen LogP) is 4.14. The molecule has 0 saturated heterocycles. The number of nitrogens with zero attached hydrogens (tertiary/aromatic N) is 1. The summed E-state index contributed by atoms with van der Waals surface area (Å²) in [6.07, 6.45) is 7.40. The van der Waals surface area contributed by atoms with Crippen molar-refractivity contribution in [2.24, 2.45) is 0 Å². The molecule has 1 aliphatic rings. The van der Waals surface area contributed by atoms with Crippen molar-refractivity contribution in [2.75, 3.05) is 6.61 Å². The minimum absolute atomic E-state index is 0.0861. The van der Waals surface area contributed by atoms with Crippen LogP contribution in [0.4, 0.5) is 0 Å². The molecule has 4 nitrogen and oxygen atoms in total. The lowest BCUT2D eigenvalue weighted by atomic mass is 9.94. The SMILES string of the molecule is CCOC(=O)CCCCCCn1c(C)c(C)c2c1CCCC2=O. The second-order valence-electron chi connectivity index (χ2n) is 6.43. The summed E-state index contributed by atoms with van der Waals surface area (Å²) in [5.74, 6) is 0.233. The number of fused-ring (bicyclic) bond motifs is 1. The Morgan fingerprint density at radius 3 is 2.61 bits per heavy atom. The van der Waals surface area contributed by atoms with Crippen LogP contribution in [0.1, 0.15) is 79.2 Å². The summed E-state index contributed by atoms with van der Waals surface area (Å²) >= 11 is 0. The van der Waals surface area contributed by atoms with E-state index in [0.717, 1.165) is 50.6 Å². The Labute approximate surface area is 139 Å². The number of esters is 1. The van der Waals surface area contributed by atoms with Crippen molar-refractivity contribution in [1.29, 1.82) is 0 Å². The molecule has 0 atom stereocenters. The maximum atomic E-state index is 12.1. The summed E-state index contributed by atoms with van der Waals surface area (Å²) in [4.78, 5) is 23.4. The Bertz CT molecular complexity index is 572. The Balaban J connectivity index is 1.82. The van der Waals surface area contributed by atoms with Crippen LogP contribution in [0.2, 0.25) is 0 Å². The maximum Gasteiger partial charge on any atom is 0.305 e. The van der Waals surface area contributed by atoms with Crippen LogP contribution >= 0.6 is 0 Å². The molecule has 0 saturated carbocycles. The molecule has 1 heterocycles. The molecule has 1 aromatic heterocycles. The van der Waals surface area contributed by atoms with Gasteiger partial charge in [-0.05, 0) is 52.0 Å². The highest BCUT2D eigenvalue weighted by molar-refractivity contribution is 6.00. The molecule has 0 fully saturated rings. The van der Waals surface area contributed by atoms with Crippen molar-refractivity contribution in [3.63, 3.8) is 0 Å². The summed E-state index contributed by atoms with van der Waals surface area (Å²) in [6.45, 7) is 7.49. The quantitative estimate of drug-likeness (QED) is 0.534. The topological polar surface area (TPSA) is 48.3 Å². The van der Waals surface area contributed by atoms with E-state index in [1.807, 2.05) is 6.92 Å². The first-order chi connectivity index (χ1) is 11.1. The van der Waals surface area contributed by atoms with Crippen LogP contribution in [0.3, 0.4) is 0 Å². The number of ketones is 1. The Hall–Kier alpha value is -1.58. The third kappa shape index (κ3) is 4.24. The normalized spacial score (nSPS) is 14.0. The molecule has 0 amide bonds. The molecule has 0 aromatic carbocycles. The molecular weight excluding hydrogens is 290 g/mol. The highest BCUT2D eigenvalue weighted by Gasteiger charge is 2.25. The van der Waals surface area contributed by atoms with Crippen LogP contribution in [-0.4, -0.2) is 22.9 Å². The molecule has 0 unspecified atom stereocenters. The minimum atomic E-state index is -0.0861. The third-order valence-electron chi connectivity index (χ3n) is 4.85. The molecule has 0 N–H and O–H groups in total. The van der Waals surface area contributed by atoms with E-state index < -0.39 is 0 Å². The molecule has 2 rings (SSSR count). The summed E-state index contributed by atoms with van der Waals surface area (Å²) < 4.78 is 7.29. The zero-order chi connectivity index (χ0) is 16.8. The molecule has 23 heavy (non-hydrogen) atoms. The second-order valence-corrected chi connectivity index (χ2v) is 6.43. The Morgan fingerprint density at radius 1 is 1.13 bits per heavy atom. The number of rotatable bonds is 8. The predicted molar refractivity (Wildman–Crippen MR) is 90.9 cm³/mol. The number of aromatic nitrogens is 1. The van der Waals surface area contributed by atoms with Crippen LogP contribution in [0.5, 0.6) is 0 Å². The van der Waals surface area contributed by atoms with Gasteiger partial charge < -0.3 is 9.30 Å². The molecule has 0 spiro atoms. The van der Waals surface area contributed by atoms with Crippen molar-refractivity contribution < 1.29 is 14.3 Å². The standard InChI is InChI=1S/C19H29NO3/c1-4-23-18(22)12-7-5-6-8-13-20-15(3)14(2)19-16(20)10-9-11-17(19)21/h4-13H2,1-3H3. The summed E-state index contributed by atoms with van der Waals surface area (Å²) in [5.41, 5.74) is 4.67. The van der Waals surface area contributed by atoms with Gasteiger partial charge in [0.05, 0.1) is 6.61 Å². The van der Waals surface area contributed by atoms with Crippen molar-refractivity contribution in [2.45, 2.75) is 78.7 Å². The van der Waals surface area contributed by atoms with Gasteiger partial charge in [0, 0.05) is 36.3 Å². The maximum absolute atomic E-state index is 12.1. The number of hydrogen-bond acceptors (Lipinski definition) is 3. The molecule has 4 heteroatoms. The minimum Gasteiger partial charge on any atom is -0.466 e. The van der Waals surface area contributed by atoms with E-state index in [9.17, 15) is 9.59 Å². The molecular formula is C19H29NO3. The lowest BCUT2D eigenvalue weighted by molar-refractivity contribution is -0.143. The first kappa shape index (κ1) is 17.8.